The zero-order valence-electron chi connectivity index (χ0n) is 13.1. The Morgan fingerprint density at radius 3 is 2.58 bits per heavy atom. The maximum absolute atomic E-state index is 13.2. The van der Waals surface area contributed by atoms with Crippen molar-refractivity contribution in [2.24, 2.45) is 0 Å². The highest BCUT2D eigenvalue weighted by Crippen LogP contribution is 2.23. The Bertz CT molecular complexity index is 851. The second kappa shape index (κ2) is 7.31. The van der Waals surface area contributed by atoms with E-state index in [4.69, 9.17) is 4.74 Å². The molecule has 6 nitrogen and oxygen atoms in total. The Balaban J connectivity index is 2.19. The van der Waals surface area contributed by atoms with Crippen molar-refractivity contribution in [2.45, 2.75) is 11.8 Å². The van der Waals surface area contributed by atoms with E-state index in [0.717, 1.165) is 6.07 Å². The van der Waals surface area contributed by atoms with Crippen LogP contribution in [0.25, 0.3) is 0 Å². The Morgan fingerprint density at radius 2 is 1.96 bits per heavy atom. The molecule has 0 amide bonds. The minimum atomic E-state index is -3.87. The van der Waals surface area contributed by atoms with Crippen LogP contribution in [0, 0.1) is 12.7 Å². The summed E-state index contributed by atoms with van der Waals surface area (Å²) < 4.78 is 49.8. The fraction of sp³-hybridized carbons (Fsp3) is 0.188. The first-order valence-corrected chi connectivity index (χ1v) is 8.39. The van der Waals surface area contributed by atoms with Gasteiger partial charge in [0.1, 0.15) is 11.6 Å². The molecule has 0 saturated heterocycles. The van der Waals surface area contributed by atoms with Gasteiger partial charge < -0.3 is 9.47 Å². The number of halogens is 1. The molecule has 0 aromatic heterocycles. The van der Waals surface area contributed by atoms with E-state index in [-0.39, 0.29) is 17.2 Å². The highest BCUT2D eigenvalue weighted by molar-refractivity contribution is 7.92. The number of hydrogen-bond donors (Lipinski definition) is 1. The number of esters is 1. The van der Waals surface area contributed by atoms with Crippen LogP contribution in [0.4, 0.5) is 10.1 Å². The van der Waals surface area contributed by atoms with E-state index in [0.29, 0.717) is 11.3 Å². The molecule has 0 aliphatic rings. The molecule has 0 spiro atoms. The molecule has 0 fully saturated rings. The van der Waals surface area contributed by atoms with E-state index >= 15 is 0 Å². The van der Waals surface area contributed by atoms with Gasteiger partial charge in [-0.25, -0.2) is 17.6 Å². The number of rotatable bonds is 6. The second-order valence-corrected chi connectivity index (χ2v) is 6.59. The largest absolute Gasteiger partial charge is 0.482 e. The summed E-state index contributed by atoms with van der Waals surface area (Å²) in [5.41, 5.74) is 0.652. The van der Waals surface area contributed by atoms with Gasteiger partial charge in [-0.15, -0.1) is 0 Å². The molecule has 0 radical (unpaired) electrons. The number of sulfonamides is 1. The molecule has 2 rings (SSSR count). The van der Waals surface area contributed by atoms with Crippen LogP contribution in [-0.4, -0.2) is 28.1 Å². The van der Waals surface area contributed by atoms with Gasteiger partial charge in [0.25, 0.3) is 10.0 Å². The van der Waals surface area contributed by atoms with Gasteiger partial charge in [0.2, 0.25) is 0 Å². The van der Waals surface area contributed by atoms with E-state index in [1.165, 1.54) is 43.5 Å². The van der Waals surface area contributed by atoms with Crippen LogP contribution >= 0.6 is 0 Å². The summed E-state index contributed by atoms with van der Waals surface area (Å²) in [6, 6.07) is 9.32. The zero-order valence-corrected chi connectivity index (χ0v) is 13.9. The smallest absolute Gasteiger partial charge is 0.343 e. The Labute approximate surface area is 139 Å². The van der Waals surface area contributed by atoms with Gasteiger partial charge in [0.05, 0.1) is 17.7 Å². The van der Waals surface area contributed by atoms with E-state index in [9.17, 15) is 17.6 Å². The molecule has 128 valence electrons. The third-order valence-corrected chi connectivity index (χ3v) is 4.49. The molecule has 2 aromatic rings. The minimum absolute atomic E-state index is 0.00493. The number of anilines is 1. The van der Waals surface area contributed by atoms with Crippen LogP contribution < -0.4 is 9.46 Å². The van der Waals surface area contributed by atoms with Crippen molar-refractivity contribution in [3.63, 3.8) is 0 Å². The predicted molar refractivity (Wildman–Crippen MR) is 85.9 cm³/mol. The van der Waals surface area contributed by atoms with Gasteiger partial charge in [-0.05, 0) is 48.9 Å². The number of carbonyl (C=O) groups excluding carboxylic acids is 1. The molecule has 24 heavy (non-hydrogen) atoms. The van der Waals surface area contributed by atoms with Gasteiger partial charge in [0, 0.05) is 0 Å². The SMILES string of the molecule is COC(=O)COc1ccc(S(=O)(=O)Nc2cccc(F)c2)cc1C. The lowest BCUT2D eigenvalue weighted by atomic mass is 10.2. The molecule has 8 heteroatoms. The second-order valence-electron chi connectivity index (χ2n) is 4.91. The van der Waals surface area contributed by atoms with Crippen molar-refractivity contribution in [1.29, 1.82) is 0 Å². The normalized spacial score (nSPS) is 11.0. The summed E-state index contributed by atoms with van der Waals surface area (Å²) in [5.74, 6) is -0.720. The van der Waals surface area contributed by atoms with E-state index < -0.39 is 21.8 Å². The number of carbonyl (C=O) groups is 1. The first-order chi connectivity index (χ1) is 11.3. The van der Waals surface area contributed by atoms with Gasteiger partial charge in [-0.2, -0.15) is 0 Å². The Morgan fingerprint density at radius 1 is 1.21 bits per heavy atom. The summed E-state index contributed by atoms with van der Waals surface area (Å²) in [6.07, 6.45) is 0. The van der Waals surface area contributed by atoms with Crippen LogP contribution in [0.5, 0.6) is 5.75 Å². The molecular weight excluding hydrogens is 337 g/mol. The van der Waals surface area contributed by atoms with Gasteiger partial charge in [-0.1, -0.05) is 6.07 Å². The maximum Gasteiger partial charge on any atom is 0.343 e. The van der Waals surface area contributed by atoms with Crippen molar-refractivity contribution in [3.05, 3.63) is 53.8 Å². The van der Waals surface area contributed by atoms with E-state index in [2.05, 4.69) is 9.46 Å². The molecule has 0 unspecified atom stereocenters. The first kappa shape index (κ1) is 17.7. The molecule has 0 bridgehead atoms. The summed E-state index contributed by atoms with van der Waals surface area (Å²) >= 11 is 0. The monoisotopic (exact) mass is 353 g/mol. The topological polar surface area (TPSA) is 81.7 Å². The van der Waals surface area contributed by atoms with Crippen molar-refractivity contribution >= 4 is 21.7 Å². The quantitative estimate of drug-likeness (QED) is 0.807. The summed E-state index contributed by atoms with van der Waals surface area (Å²) in [4.78, 5) is 11.1. The average Bonchev–Trinajstić information content (AvgIpc) is 2.52. The van der Waals surface area contributed by atoms with E-state index in [1.54, 1.807) is 6.92 Å². The van der Waals surface area contributed by atoms with Crippen molar-refractivity contribution < 1.29 is 27.1 Å². The lowest BCUT2D eigenvalue weighted by Crippen LogP contribution is -2.15. The van der Waals surface area contributed by atoms with Crippen LogP contribution in [0.1, 0.15) is 5.56 Å². The van der Waals surface area contributed by atoms with Crippen molar-refractivity contribution in [2.75, 3.05) is 18.4 Å². The number of aryl methyl sites for hydroxylation is 1. The first-order valence-electron chi connectivity index (χ1n) is 6.90. The fourth-order valence-electron chi connectivity index (χ4n) is 1.91. The standard InChI is InChI=1S/C16H16FNO5S/c1-11-8-14(6-7-15(11)23-10-16(19)22-2)24(20,21)18-13-5-3-4-12(17)9-13/h3-9,18H,10H2,1-2H3. The Kier molecular flexibility index (Phi) is 5.40. The fourth-order valence-corrected chi connectivity index (χ4v) is 3.05. The minimum Gasteiger partial charge on any atom is -0.482 e. The Hall–Kier alpha value is -2.61. The van der Waals surface area contributed by atoms with Crippen molar-refractivity contribution in [1.82, 2.24) is 0 Å². The van der Waals surface area contributed by atoms with Gasteiger partial charge in [-0.3, -0.25) is 4.72 Å². The summed E-state index contributed by atoms with van der Waals surface area (Å²) in [7, 11) is -2.63. The van der Waals surface area contributed by atoms with Gasteiger partial charge in [0.15, 0.2) is 6.61 Å². The summed E-state index contributed by atoms with van der Waals surface area (Å²) in [6.45, 7) is 1.37. The molecular formula is C16H16FNO5S. The number of ether oxygens (including phenoxy) is 2. The lowest BCUT2D eigenvalue weighted by Gasteiger charge is -2.11. The van der Waals surface area contributed by atoms with Gasteiger partial charge >= 0.3 is 5.97 Å². The molecule has 0 atom stereocenters. The number of hydrogen-bond acceptors (Lipinski definition) is 5. The number of nitrogens with one attached hydrogen (secondary N) is 1. The van der Waals surface area contributed by atoms with Crippen LogP contribution in [0.15, 0.2) is 47.4 Å². The zero-order chi connectivity index (χ0) is 17.7. The van der Waals surface area contributed by atoms with Crippen molar-refractivity contribution in [3.8, 4) is 5.75 Å². The third kappa shape index (κ3) is 4.45. The third-order valence-electron chi connectivity index (χ3n) is 3.11. The number of benzene rings is 2. The van der Waals surface area contributed by atoms with Crippen LogP contribution in [0.2, 0.25) is 0 Å². The number of methoxy groups -OCH3 is 1. The maximum atomic E-state index is 13.2. The average molecular weight is 353 g/mol. The molecule has 0 heterocycles. The highest BCUT2D eigenvalue weighted by Gasteiger charge is 2.16. The molecule has 0 aliphatic carbocycles. The summed E-state index contributed by atoms with van der Waals surface area (Å²) in [5, 5.41) is 0. The predicted octanol–water partition coefficient (Wildman–Crippen LogP) is 2.49. The van der Waals surface area contributed by atoms with Crippen LogP contribution in [0.3, 0.4) is 0 Å². The van der Waals surface area contributed by atoms with Crippen LogP contribution in [-0.2, 0) is 19.6 Å². The van der Waals surface area contributed by atoms with E-state index in [1.807, 2.05) is 0 Å². The molecule has 2 aromatic carbocycles. The highest BCUT2D eigenvalue weighted by atomic mass is 32.2. The lowest BCUT2D eigenvalue weighted by molar-refractivity contribution is -0.142. The molecule has 0 saturated carbocycles. The molecule has 0 aliphatic heterocycles. The molecule has 1 N–H and O–H groups in total.